The molecule has 3 aliphatic heterocycles. The highest BCUT2D eigenvalue weighted by Crippen LogP contribution is 2.38. The number of methoxy groups -OCH3 is 1. The topological polar surface area (TPSA) is 105 Å². The number of fused-ring (bicyclic) bond motifs is 1. The molecule has 1 spiro atoms. The molecule has 238 valence electrons. The number of allylic oxidation sites excluding steroid dienone is 1. The van der Waals surface area contributed by atoms with Gasteiger partial charge in [0, 0.05) is 50.1 Å². The van der Waals surface area contributed by atoms with Gasteiger partial charge in [-0.15, -0.1) is 0 Å². The first-order valence-electron chi connectivity index (χ1n) is 15.4. The maximum Gasteiger partial charge on any atom is 0.224 e. The van der Waals surface area contributed by atoms with E-state index in [9.17, 15) is 0 Å². The summed E-state index contributed by atoms with van der Waals surface area (Å²) in [7, 11) is 4.99. The molecule has 0 amide bonds. The van der Waals surface area contributed by atoms with Crippen molar-refractivity contribution >= 4 is 22.6 Å². The lowest BCUT2D eigenvalue weighted by molar-refractivity contribution is -0.139. The van der Waals surface area contributed by atoms with E-state index in [4.69, 9.17) is 18.9 Å². The van der Waals surface area contributed by atoms with Crippen LogP contribution < -0.4 is 24.8 Å². The molecule has 0 bridgehead atoms. The van der Waals surface area contributed by atoms with Crippen LogP contribution in [0.25, 0.3) is 11.0 Å². The Kier molecular flexibility index (Phi) is 10.3. The number of aliphatic imine (C=N–C) groups is 1. The molecule has 5 heterocycles. The number of piperidine rings is 1. The number of pyridine rings is 1. The van der Waals surface area contributed by atoms with Crippen LogP contribution >= 0.6 is 0 Å². The van der Waals surface area contributed by atoms with Crippen molar-refractivity contribution in [2.75, 3.05) is 72.5 Å². The van der Waals surface area contributed by atoms with Gasteiger partial charge in [0.15, 0.2) is 23.1 Å². The van der Waals surface area contributed by atoms with Crippen LogP contribution in [0.15, 0.2) is 41.2 Å². The molecule has 6 rings (SSSR count). The van der Waals surface area contributed by atoms with Crippen molar-refractivity contribution in [3.63, 3.8) is 0 Å². The number of anilines is 1. The number of aryl methyl sites for hydroxylation is 1. The zero-order chi connectivity index (χ0) is 31.1. The fourth-order valence-corrected chi connectivity index (χ4v) is 5.80. The number of nitrogens with zero attached hydrogens (tertiary/aromatic N) is 3. The molecule has 0 atom stereocenters. The second-order valence-electron chi connectivity index (χ2n) is 11.7. The summed E-state index contributed by atoms with van der Waals surface area (Å²) in [5.41, 5.74) is 4.41. The van der Waals surface area contributed by atoms with Crippen molar-refractivity contribution in [3.05, 3.63) is 53.2 Å². The van der Waals surface area contributed by atoms with Gasteiger partial charge in [-0.25, -0.2) is 9.37 Å². The van der Waals surface area contributed by atoms with Crippen LogP contribution in [0.3, 0.4) is 0 Å². The van der Waals surface area contributed by atoms with Gasteiger partial charge in [0.2, 0.25) is 5.90 Å². The maximum atomic E-state index is 15.1. The molecular formula is C33H45FN6O4. The first kappa shape index (κ1) is 31.6. The van der Waals surface area contributed by atoms with Crippen LogP contribution in [0.4, 0.5) is 10.1 Å². The summed E-state index contributed by atoms with van der Waals surface area (Å²) in [4.78, 5) is 14.1. The minimum Gasteiger partial charge on any atom is -0.493 e. The summed E-state index contributed by atoms with van der Waals surface area (Å²) >= 11 is 0. The van der Waals surface area contributed by atoms with Crippen molar-refractivity contribution in [1.82, 2.24) is 20.2 Å². The Morgan fingerprint density at radius 2 is 1.95 bits per heavy atom. The largest absolute Gasteiger partial charge is 0.493 e. The van der Waals surface area contributed by atoms with E-state index >= 15 is 4.39 Å². The third kappa shape index (κ3) is 7.27. The minimum absolute atomic E-state index is 0.00749. The van der Waals surface area contributed by atoms with Gasteiger partial charge < -0.3 is 39.5 Å². The first-order chi connectivity index (χ1) is 21.3. The molecule has 2 saturated heterocycles. The minimum atomic E-state index is -0.497. The van der Waals surface area contributed by atoms with Gasteiger partial charge in [-0.05, 0) is 64.8 Å². The van der Waals surface area contributed by atoms with E-state index in [1.54, 1.807) is 33.3 Å². The van der Waals surface area contributed by atoms with Crippen molar-refractivity contribution in [1.29, 1.82) is 0 Å². The van der Waals surface area contributed by atoms with Gasteiger partial charge in [0.05, 0.1) is 49.8 Å². The van der Waals surface area contributed by atoms with Gasteiger partial charge in [0.25, 0.3) is 0 Å². The van der Waals surface area contributed by atoms with Crippen LogP contribution in [0.2, 0.25) is 0 Å². The third-order valence-corrected chi connectivity index (χ3v) is 8.52. The molecule has 0 saturated carbocycles. The molecule has 0 radical (unpaired) electrons. The van der Waals surface area contributed by atoms with Gasteiger partial charge in [-0.3, -0.25) is 4.99 Å². The van der Waals surface area contributed by atoms with Gasteiger partial charge in [0.1, 0.15) is 5.65 Å². The Morgan fingerprint density at radius 1 is 1.16 bits per heavy atom. The normalized spacial score (nSPS) is 17.8. The van der Waals surface area contributed by atoms with Crippen LogP contribution in [0.1, 0.15) is 43.9 Å². The van der Waals surface area contributed by atoms with Crippen molar-refractivity contribution in [2.24, 2.45) is 10.4 Å². The van der Waals surface area contributed by atoms with E-state index in [1.165, 1.54) is 31.2 Å². The molecule has 2 aromatic heterocycles. The second-order valence-corrected chi connectivity index (χ2v) is 11.7. The number of hydrogen-bond donors (Lipinski definition) is 3. The van der Waals surface area contributed by atoms with Crippen molar-refractivity contribution in [2.45, 2.75) is 39.5 Å². The molecule has 1 aromatic carbocycles. The lowest BCUT2D eigenvalue weighted by Crippen LogP contribution is -2.51. The summed E-state index contributed by atoms with van der Waals surface area (Å²) in [6.07, 6.45) is 8.13. The summed E-state index contributed by atoms with van der Waals surface area (Å²) in [5, 5.41) is 6.71. The Bertz CT molecular complexity index is 1490. The zero-order valence-corrected chi connectivity index (χ0v) is 26.5. The molecule has 44 heavy (non-hydrogen) atoms. The monoisotopic (exact) mass is 608 g/mol. The molecule has 2 fully saturated rings. The molecule has 0 aliphatic carbocycles. The van der Waals surface area contributed by atoms with Crippen LogP contribution in [-0.4, -0.2) is 88.0 Å². The number of benzene rings is 1. The van der Waals surface area contributed by atoms with E-state index < -0.39 is 5.82 Å². The molecule has 0 unspecified atom stereocenters. The quantitative estimate of drug-likeness (QED) is 0.171. The third-order valence-electron chi connectivity index (χ3n) is 8.52. The summed E-state index contributed by atoms with van der Waals surface area (Å²) in [5.74, 6) is 0.891. The zero-order valence-electron chi connectivity index (χ0n) is 26.5. The summed E-state index contributed by atoms with van der Waals surface area (Å²) < 4.78 is 38.2. The molecule has 3 aromatic rings. The number of nitrogens with one attached hydrogen (secondary N) is 3. The Labute approximate surface area is 259 Å². The van der Waals surface area contributed by atoms with Gasteiger partial charge in [-0.2, -0.15) is 0 Å². The average molecular weight is 609 g/mol. The number of rotatable bonds is 9. The standard InChI is InChI=1S/C28H36FN5O4.C5H9N/c1-18-12-20-25(29)24(15-32-26(20)33-18)38-27(31-3)19-13-22(35-4)23(14-21(19)30-2)37-11-5-8-34-9-6-28(7-10-34)16-36-17-28;1-5-3-2-4-6-5/h12-15,30H,5-11,16-17H2,1-4H3,(H,32,33);3,6H,2,4H2,1H3. The van der Waals surface area contributed by atoms with E-state index in [0.29, 0.717) is 40.1 Å². The Hall–Kier alpha value is -3.83. The number of aromatic nitrogens is 2. The predicted octanol–water partition coefficient (Wildman–Crippen LogP) is 5.28. The molecule has 11 heteroatoms. The number of halogens is 1. The highest BCUT2D eigenvalue weighted by atomic mass is 19.1. The molecule has 10 nitrogen and oxygen atoms in total. The lowest BCUT2D eigenvalue weighted by Gasteiger charge is -2.47. The van der Waals surface area contributed by atoms with Crippen LogP contribution in [-0.2, 0) is 4.74 Å². The number of likely N-dealkylation sites (tertiary alicyclic amines) is 1. The number of aromatic amines is 1. The number of H-pyrrole nitrogens is 1. The predicted molar refractivity (Wildman–Crippen MR) is 172 cm³/mol. The SMILES string of the molecule is CC1=CCCN1.CN=C(Oc1cnc2[nH]c(C)cc2c1F)c1cc(OC)c(OCCCN2CCC3(CC2)COC3)cc1NC. The van der Waals surface area contributed by atoms with Gasteiger partial charge >= 0.3 is 0 Å². The molecular weight excluding hydrogens is 563 g/mol. The smallest absolute Gasteiger partial charge is 0.224 e. The average Bonchev–Trinajstić information content (AvgIpc) is 3.66. The first-order valence-corrected chi connectivity index (χ1v) is 15.4. The van der Waals surface area contributed by atoms with Crippen LogP contribution in [0.5, 0.6) is 17.2 Å². The van der Waals surface area contributed by atoms with Crippen molar-refractivity contribution in [3.8, 4) is 17.2 Å². The highest BCUT2D eigenvalue weighted by molar-refractivity contribution is 6.02. The number of hydrogen-bond acceptors (Lipinski definition) is 9. The highest BCUT2D eigenvalue weighted by Gasteiger charge is 2.40. The molecule has 3 aliphatic rings. The fourth-order valence-electron chi connectivity index (χ4n) is 5.80. The number of ether oxygens (including phenoxy) is 4. The van der Waals surface area contributed by atoms with Crippen LogP contribution in [0, 0.1) is 18.2 Å². The van der Waals surface area contributed by atoms with E-state index in [-0.39, 0.29) is 11.6 Å². The molecule has 3 N–H and O–H groups in total. The second kappa shape index (κ2) is 14.3. The summed E-state index contributed by atoms with van der Waals surface area (Å²) in [6, 6.07) is 5.35. The Balaban J connectivity index is 0.000000573. The lowest BCUT2D eigenvalue weighted by atomic mass is 9.77. The Morgan fingerprint density at radius 3 is 2.55 bits per heavy atom. The maximum absolute atomic E-state index is 15.1. The van der Waals surface area contributed by atoms with E-state index in [1.807, 2.05) is 13.0 Å². The van der Waals surface area contributed by atoms with E-state index in [0.717, 1.165) is 57.2 Å². The van der Waals surface area contributed by atoms with Gasteiger partial charge in [-0.1, -0.05) is 6.08 Å². The summed E-state index contributed by atoms with van der Waals surface area (Å²) in [6.45, 7) is 10.8. The fraction of sp³-hybridized carbons (Fsp3) is 0.515. The van der Waals surface area contributed by atoms with Crippen molar-refractivity contribution < 1.29 is 23.3 Å². The van der Waals surface area contributed by atoms with E-state index in [2.05, 4.69) is 43.5 Å².